The van der Waals surface area contributed by atoms with E-state index in [0.717, 1.165) is 11.5 Å². The predicted octanol–water partition coefficient (Wildman–Crippen LogP) is -7.50. The van der Waals surface area contributed by atoms with Crippen LogP contribution >= 0.6 is 0 Å². The third kappa shape index (κ3) is 1.60. The lowest BCUT2D eigenvalue weighted by Gasteiger charge is -2.30. The van der Waals surface area contributed by atoms with E-state index in [4.69, 9.17) is 15.2 Å². The molecule has 20 heavy (non-hydrogen) atoms. The van der Waals surface area contributed by atoms with E-state index < -0.39 is 5.59 Å². The fourth-order valence-corrected chi connectivity index (χ4v) is 3.86. The summed E-state index contributed by atoms with van der Waals surface area (Å²) in [6.07, 6.45) is 0. The Balaban J connectivity index is 2.30. The van der Waals surface area contributed by atoms with Gasteiger partial charge in [0.1, 0.15) is 39.2 Å². The van der Waals surface area contributed by atoms with Crippen LogP contribution in [-0.4, -0.2) is 65.9 Å². The molecule has 0 aromatic heterocycles. The molecule has 2 atom stereocenters. The van der Waals surface area contributed by atoms with Crippen molar-refractivity contribution < 1.29 is 9.47 Å². The highest BCUT2D eigenvalue weighted by atomic mass is 16.7. The molecular weight excluding hydrogens is 242 g/mol. The van der Waals surface area contributed by atoms with Crippen LogP contribution in [0.25, 0.3) is 0 Å². The predicted molar refractivity (Wildman–Crippen MR) is 102 cm³/mol. The average Bonchev–Trinajstić information content (AvgIpc) is 2.75. The number of hydrogen-bond acceptors (Lipinski definition) is 3. The maximum absolute atomic E-state index is 6.58. The minimum Gasteiger partial charge on any atom is -0.467 e. The van der Waals surface area contributed by atoms with Gasteiger partial charge in [0.15, 0.2) is 32.8 Å². The molecule has 1 aromatic carbocycles. The molecule has 10 heteroatoms. The minimum atomic E-state index is -0.578. The van der Waals surface area contributed by atoms with Gasteiger partial charge in [0.05, 0.1) is 0 Å². The number of ether oxygens (including phenoxy) is 2. The van der Waals surface area contributed by atoms with Crippen molar-refractivity contribution in [3.63, 3.8) is 0 Å². The number of benzene rings is 1. The Bertz CT molecular complexity index is 569. The van der Waals surface area contributed by atoms with Gasteiger partial charge in [-0.05, 0) is 28.0 Å². The number of rotatable bonds is 0. The zero-order chi connectivity index (χ0) is 15.0. The van der Waals surface area contributed by atoms with Gasteiger partial charge in [0, 0.05) is 0 Å². The van der Waals surface area contributed by atoms with E-state index in [1.54, 1.807) is 0 Å². The van der Waals surface area contributed by atoms with Gasteiger partial charge >= 0.3 is 0 Å². The largest absolute Gasteiger partial charge is 0.467 e. The molecular formula is C10H18B7NO2. The summed E-state index contributed by atoms with van der Waals surface area (Å²) in [4.78, 5) is 0. The Morgan fingerprint density at radius 3 is 1.55 bits per heavy atom. The van der Waals surface area contributed by atoms with Gasteiger partial charge in [-0.1, -0.05) is 11.1 Å². The lowest BCUT2D eigenvalue weighted by atomic mass is 9.53. The summed E-state index contributed by atoms with van der Waals surface area (Å²) in [5.41, 5.74) is 10.9. The molecule has 0 saturated heterocycles. The average molecular weight is 260 g/mol. The van der Waals surface area contributed by atoms with Crippen LogP contribution < -0.4 is 26.1 Å². The van der Waals surface area contributed by atoms with Crippen LogP contribution in [0.3, 0.4) is 0 Å². The third-order valence-corrected chi connectivity index (χ3v) is 5.41. The summed E-state index contributed by atoms with van der Waals surface area (Å²) in [5, 5.41) is 0. The summed E-state index contributed by atoms with van der Waals surface area (Å²) in [6.45, 7) is 0. The first kappa shape index (κ1) is 14.2. The fraction of sp³-hybridized carbons (Fsp3) is 0.400. The van der Waals surface area contributed by atoms with E-state index in [9.17, 15) is 0 Å². The first-order chi connectivity index (χ1) is 9.08. The Labute approximate surface area is 127 Å². The van der Waals surface area contributed by atoms with E-state index >= 15 is 0 Å². The molecule has 0 saturated carbocycles. The SMILES string of the molecule is Bc1c2c(c(B)c3c1C(B)C(B)(N)C3B)OC(B)(B)O2. The van der Waals surface area contributed by atoms with Gasteiger partial charge in [-0.15, -0.1) is 0 Å². The van der Waals surface area contributed by atoms with Crippen molar-refractivity contribution >= 4 is 65.8 Å². The lowest BCUT2D eigenvalue weighted by Crippen LogP contribution is -2.48. The third-order valence-electron chi connectivity index (χ3n) is 5.41. The molecule has 1 aliphatic heterocycles. The minimum absolute atomic E-state index is 0.220. The summed E-state index contributed by atoms with van der Waals surface area (Å²) in [5.74, 6) is 2.46. The number of hydrogen-bond donors (Lipinski definition) is 1. The maximum atomic E-state index is 6.58. The number of nitrogens with two attached hydrogens (primary N) is 1. The molecule has 0 spiro atoms. The molecule has 1 aliphatic carbocycles. The zero-order valence-electron chi connectivity index (χ0n) is 13.5. The van der Waals surface area contributed by atoms with Gasteiger partial charge in [0.2, 0.25) is 0 Å². The van der Waals surface area contributed by atoms with Crippen molar-refractivity contribution in [3.8, 4) is 11.5 Å². The first-order valence-electron chi connectivity index (χ1n) is 7.41. The van der Waals surface area contributed by atoms with Crippen LogP contribution in [0.1, 0.15) is 22.8 Å². The molecule has 1 aromatic rings. The standard InChI is InChI=1S/C10H18B7NO2/c11-3-1-2(8(14)9(15,18)7(1)13)4(12)6-5(3)19-10(16,17)20-6/h7-8H,11-18H2. The molecule has 3 nitrogen and oxygen atoms in total. The van der Waals surface area contributed by atoms with Crippen LogP contribution in [0.5, 0.6) is 11.5 Å². The highest BCUT2D eigenvalue weighted by Crippen LogP contribution is 2.46. The number of fused-ring (bicyclic) bond motifs is 2. The van der Waals surface area contributed by atoms with Crippen LogP contribution in [0, 0.1) is 0 Å². The van der Waals surface area contributed by atoms with E-state index in [1.807, 2.05) is 15.7 Å². The normalized spacial score (nSPS) is 33.0. The molecule has 2 aliphatic rings. The second kappa shape index (κ2) is 3.91. The first-order valence-corrected chi connectivity index (χ1v) is 7.41. The molecule has 1 heterocycles. The molecule has 2 unspecified atom stereocenters. The molecule has 0 radical (unpaired) electrons. The molecule has 0 fully saturated rings. The van der Waals surface area contributed by atoms with Crippen molar-refractivity contribution in [2.45, 2.75) is 22.7 Å². The molecule has 0 bridgehead atoms. The van der Waals surface area contributed by atoms with Crippen LogP contribution in [-0.2, 0) is 0 Å². The molecule has 2 N–H and O–H groups in total. The van der Waals surface area contributed by atoms with Gasteiger partial charge in [0.25, 0.3) is 0 Å². The van der Waals surface area contributed by atoms with Crippen molar-refractivity contribution in [2.75, 3.05) is 0 Å². The van der Waals surface area contributed by atoms with Crippen LogP contribution in [0.15, 0.2) is 0 Å². The van der Waals surface area contributed by atoms with E-state index in [1.165, 1.54) is 22.1 Å². The summed E-state index contributed by atoms with van der Waals surface area (Å²) in [7, 11) is 14.8. The quantitative estimate of drug-likeness (QED) is 0.471. The van der Waals surface area contributed by atoms with Crippen molar-refractivity contribution in [1.29, 1.82) is 0 Å². The lowest BCUT2D eigenvalue weighted by molar-refractivity contribution is 0.0844. The molecule has 0 amide bonds. The van der Waals surface area contributed by atoms with E-state index in [-0.39, 0.29) is 5.44 Å². The van der Waals surface area contributed by atoms with E-state index in [0.29, 0.717) is 11.6 Å². The Morgan fingerprint density at radius 2 is 1.20 bits per heavy atom. The smallest absolute Gasteiger partial charge is 0.197 e. The molecule has 3 rings (SSSR count). The van der Waals surface area contributed by atoms with Gasteiger partial charge in [-0.25, -0.2) is 0 Å². The van der Waals surface area contributed by atoms with Crippen molar-refractivity contribution in [3.05, 3.63) is 11.1 Å². The summed E-state index contributed by atoms with van der Waals surface area (Å²) >= 11 is 0. The highest BCUT2D eigenvalue weighted by molar-refractivity contribution is 6.45. The molecule has 96 valence electrons. The Kier molecular flexibility index (Phi) is 2.77. The van der Waals surface area contributed by atoms with Gasteiger partial charge in [-0.2, -0.15) is 0 Å². The second-order valence-electron chi connectivity index (χ2n) is 7.15. The van der Waals surface area contributed by atoms with Gasteiger partial charge < -0.3 is 15.2 Å². The Hall–Kier alpha value is -0.765. The summed E-state index contributed by atoms with van der Waals surface area (Å²) in [6, 6.07) is 0. The van der Waals surface area contributed by atoms with Crippen molar-refractivity contribution in [2.24, 2.45) is 5.73 Å². The maximum Gasteiger partial charge on any atom is 0.197 e. The zero-order valence-corrected chi connectivity index (χ0v) is 13.5. The Morgan fingerprint density at radius 1 is 0.850 bits per heavy atom. The fourth-order valence-electron chi connectivity index (χ4n) is 3.86. The second-order valence-corrected chi connectivity index (χ2v) is 7.15. The monoisotopic (exact) mass is 261 g/mol. The highest BCUT2D eigenvalue weighted by Gasteiger charge is 2.47. The van der Waals surface area contributed by atoms with Crippen LogP contribution in [0.4, 0.5) is 0 Å². The van der Waals surface area contributed by atoms with Crippen molar-refractivity contribution in [1.82, 2.24) is 0 Å². The van der Waals surface area contributed by atoms with Gasteiger partial charge in [-0.3, -0.25) is 0 Å². The van der Waals surface area contributed by atoms with E-state index in [2.05, 4.69) is 39.2 Å². The van der Waals surface area contributed by atoms with Crippen LogP contribution in [0.2, 0.25) is 0 Å². The summed E-state index contributed by atoms with van der Waals surface area (Å²) < 4.78 is 12.0. The topological polar surface area (TPSA) is 44.5 Å².